The minimum Gasteiger partial charge on any atom is -0.385 e. The molecule has 0 atom stereocenters. The molecule has 0 aliphatic heterocycles. The molecule has 0 spiro atoms. The van der Waals surface area contributed by atoms with Crippen molar-refractivity contribution in [2.45, 2.75) is 13.5 Å². The maximum absolute atomic E-state index is 11.5. The predicted molar refractivity (Wildman–Crippen MR) is 71.0 cm³/mol. The van der Waals surface area contributed by atoms with Crippen LogP contribution in [0.25, 0.3) is 0 Å². The molecule has 5 nitrogen and oxygen atoms in total. The van der Waals surface area contributed by atoms with Crippen LogP contribution in [0.1, 0.15) is 12.6 Å². The van der Waals surface area contributed by atoms with E-state index in [1.165, 1.54) is 10.8 Å². The van der Waals surface area contributed by atoms with Crippen LogP contribution in [0, 0.1) is 0 Å². The third kappa shape index (κ3) is 3.07. The first-order chi connectivity index (χ1) is 8.69. The lowest BCUT2D eigenvalue weighted by Gasteiger charge is -2.07. The molecule has 1 N–H and O–H groups in total. The van der Waals surface area contributed by atoms with Crippen molar-refractivity contribution in [2.75, 3.05) is 11.9 Å². The molecule has 2 aromatic heterocycles. The molecule has 0 amide bonds. The standard InChI is InChI=1S/C12H13ClN4O/c1-2-14-10-3-4-15-11(5-10)8-17-7-9(13)6-16-12(17)18/h3-7H,2,8H2,1H3,(H,14,15). The number of halogens is 1. The molecular weight excluding hydrogens is 252 g/mol. The van der Waals surface area contributed by atoms with Gasteiger partial charge in [0.25, 0.3) is 0 Å². The van der Waals surface area contributed by atoms with Crippen molar-refractivity contribution < 1.29 is 0 Å². The van der Waals surface area contributed by atoms with Crippen LogP contribution < -0.4 is 11.0 Å². The highest BCUT2D eigenvalue weighted by Gasteiger charge is 2.02. The Hall–Kier alpha value is -1.88. The molecule has 0 aliphatic rings. The molecule has 2 rings (SSSR count). The lowest BCUT2D eigenvalue weighted by Crippen LogP contribution is -2.22. The summed E-state index contributed by atoms with van der Waals surface area (Å²) in [6, 6.07) is 3.78. The number of hydrogen-bond acceptors (Lipinski definition) is 4. The van der Waals surface area contributed by atoms with Crippen LogP contribution in [-0.2, 0) is 6.54 Å². The van der Waals surface area contributed by atoms with Crippen LogP contribution >= 0.6 is 11.6 Å². The number of rotatable bonds is 4. The highest BCUT2D eigenvalue weighted by atomic mass is 35.5. The van der Waals surface area contributed by atoms with Crippen molar-refractivity contribution >= 4 is 17.3 Å². The Labute approximate surface area is 109 Å². The number of nitrogens with one attached hydrogen (secondary N) is 1. The van der Waals surface area contributed by atoms with Gasteiger partial charge in [0, 0.05) is 24.6 Å². The molecule has 0 bridgehead atoms. The Kier molecular flexibility index (Phi) is 3.94. The predicted octanol–water partition coefficient (Wildman–Crippen LogP) is 1.77. The molecule has 2 heterocycles. The van der Waals surface area contributed by atoms with E-state index in [-0.39, 0.29) is 5.69 Å². The zero-order valence-corrected chi connectivity index (χ0v) is 10.7. The Morgan fingerprint density at radius 2 is 2.28 bits per heavy atom. The summed E-state index contributed by atoms with van der Waals surface area (Å²) in [5.41, 5.74) is 1.42. The fraction of sp³-hybridized carbons (Fsp3) is 0.250. The van der Waals surface area contributed by atoms with Gasteiger partial charge in [-0.3, -0.25) is 9.55 Å². The fourth-order valence-corrected chi connectivity index (χ4v) is 1.76. The summed E-state index contributed by atoms with van der Waals surface area (Å²) in [6.07, 6.45) is 4.59. The molecule has 0 radical (unpaired) electrons. The average Bonchev–Trinajstić information content (AvgIpc) is 2.35. The lowest BCUT2D eigenvalue weighted by atomic mass is 10.3. The van der Waals surface area contributed by atoms with Gasteiger partial charge in [-0.15, -0.1) is 0 Å². The molecule has 0 unspecified atom stereocenters. The van der Waals surface area contributed by atoms with Crippen LogP contribution in [0.5, 0.6) is 0 Å². The summed E-state index contributed by atoms with van der Waals surface area (Å²) < 4.78 is 1.43. The summed E-state index contributed by atoms with van der Waals surface area (Å²) in [5, 5.41) is 3.62. The molecule has 0 aliphatic carbocycles. The Morgan fingerprint density at radius 3 is 3.06 bits per heavy atom. The van der Waals surface area contributed by atoms with Crippen LogP contribution in [0.3, 0.4) is 0 Å². The first-order valence-corrected chi connectivity index (χ1v) is 5.97. The molecule has 0 aromatic carbocycles. The highest BCUT2D eigenvalue weighted by molar-refractivity contribution is 6.30. The number of aromatic nitrogens is 3. The first-order valence-electron chi connectivity index (χ1n) is 5.60. The minimum absolute atomic E-state index is 0.338. The smallest absolute Gasteiger partial charge is 0.347 e. The average molecular weight is 265 g/mol. The second-order valence-corrected chi connectivity index (χ2v) is 4.19. The van der Waals surface area contributed by atoms with E-state index in [9.17, 15) is 4.79 Å². The van der Waals surface area contributed by atoms with Gasteiger partial charge in [0.2, 0.25) is 0 Å². The third-order valence-corrected chi connectivity index (χ3v) is 2.55. The van der Waals surface area contributed by atoms with Crippen molar-refractivity contribution in [2.24, 2.45) is 0 Å². The summed E-state index contributed by atoms with van der Waals surface area (Å²) >= 11 is 5.81. The maximum atomic E-state index is 11.5. The van der Waals surface area contributed by atoms with E-state index in [0.717, 1.165) is 17.9 Å². The molecule has 18 heavy (non-hydrogen) atoms. The van der Waals surface area contributed by atoms with Crippen molar-refractivity contribution in [3.05, 3.63) is 51.9 Å². The quantitative estimate of drug-likeness (QED) is 0.914. The van der Waals surface area contributed by atoms with Gasteiger partial charge in [-0.1, -0.05) is 11.6 Å². The van der Waals surface area contributed by atoms with Crippen molar-refractivity contribution in [3.8, 4) is 0 Å². The van der Waals surface area contributed by atoms with E-state index in [1.807, 2.05) is 19.1 Å². The van der Waals surface area contributed by atoms with E-state index in [0.29, 0.717) is 11.6 Å². The fourth-order valence-electron chi connectivity index (χ4n) is 1.60. The van der Waals surface area contributed by atoms with Crippen LogP contribution in [-0.4, -0.2) is 21.1 Å². The van der Waals surface area contributed by atoms with Gasteiger partial charge in [0.15, 0.2) is 0 Å². The Balaban J connectivity index is 2.25. The van der Waals surface area contributed by atoms with Crippen molar-refractivity contribution in [1.82, 2.24) is 14.5 Å². The van der Waals surface area contributed by atoms with Gasteiger partial charge >= 0.3 is 5.69 Å². The molecule has 6 heteroatoms. The number of pyridine rings is 1. The second-order valence-electron chi connectivity index (χ2n) is 3.75. The SMILES string of the molecule is CCNc1ccnc(Cn2cc(Cl)cnc2=O)c1. The topological polar surface area (TPSA) is 59.8 Å². The monoisotopic (exact) mass is 264 g/mol. The van der Waals surface area contributed by atoms with Crippen molar-refractivity contribution in [3.63, 3.8) is 0 Å². The second kappa shape index (κ2) is 5.64. The molecule has 2 aromatic rings. The Morgan fingerprint density at radius 1 is 1.44 bits per heavy atom. The van der Waals surface area contributed by atoms with E-state index in [2.05, 4.69) is 15.3 Å². The molecule has 0 fully saturated rings. The first kappa shape index (κ1) is 12.6. The lowest BCUT2D eigenvalue weighted by molar-refractivity contribution is 0.711. The molecule has 94 valence electrons. The van der Waals surface area contributed by atoms with E-state index in [4.69, 9.17) is 11.6 Å². The van der Waals surface area contributed by atoms with Crippen LogP contribution in [0.4, 0.5) is 5.69 Å². The summed E-state index contributed by atoms with van der Waals surface area (Å²) in [6.45, 7) is 3.21. The summed E-state index contributed by atoms with van der Waals surface area (Å²) in [7, 11) is 0. The normalized spacial score (nSPS) is 10.3. The number of hydrogen-bond donors (Lipinski definition) is 1. The van der Waals surface area contributed by atoms with Crippen molar-refractivity contribution in [1.29, 1.82) is 0 Å². The minimum atomic E-state index is -0.338. The number of anilines is 1. The van der Waals surface area contributed by atoms with Gasteiger partial charge in [-0.05, 0) is 19.1 Å². The largest absolute Gasteiger partial charge is 0.385 e. The van der Waals surface area contributed by atoms with E-state index in [1.54, 1.807) is 12.4 Å². The third-order valence-electron chi connectivity index (χ3n) is 2.35. The highest BCUT2D eigenvalue weighted by Crippen LogP contribution is 2.09. The number of nitrogens with zero attached hydrogens (tertiary/aromatic N) is 3. The van der Waals surface area contributed by atoms with Gasteiger partial charge in [-0.2, -0.15) is 0 Å². The molecule has 0 saturated carbocycles. The Bertz CT molecular complexity index is 597. The van der Waals surface area contributed by atoms with E-state index < -0.39 is 0 Å². The zero-order chi connectivity index (χ0) is 13.0. The van der Waals surface area contributed by atoms with Crippen LogP contribution in [0.15, 0.2) is 35.5 Å². The van der Waals surface area contributed by atoms with Gasteiger partial charge in [0.1, 0.15) is 0 Å². The van der Waals surface area contributed by atoms with Gasteiger partial charge in [-0.25, -0.2) is 9.78 Å². The van der Waals surface area contributed by atoms with Gasteiger partial charge < -0.3 is 5.32 Å². The zero-order valence-electron chi connectivity index (χ0n) is 9.93. The maximum Gasteiger partial charge on any atom is 0.347 e. The van der Waals surface area contributed by atoms with E-state index >= 15 is 0 Å². The van der Waals surface area contributed by atoms with Gasteiger partial charge in [0.05, 0.1) is 23.5 Å². The van der Waals surface area contributed by atoms with Crippen LogP contribution in [0.2, 0.25) is 5.02 Å². The molecule has 0 saturated heterocycles. The summed E-state index contributed by atoms with van der Waals surface area (Å²) in [5.74, 6) is 0. The summed E-state index contributed by atoms with van der Waals surface area (Å²) in [4.78, 5) is 19.4. The molecular formula is C12H13ClN4O.